The lowest BCUT2D eigenvalue weighted by molar-refractivity contribution is 0.592. The molecule has 0 saturated carbocycles. The Morgan fingerprint density at radius 2 is 1.37 bits per heavy atom. The molecule has 0 heterocycles. The van der Waals surface area contributed by atoms with Gasteiger partial charge in [0.2, 0.25) is 0 Å². The lowest BCUT2D eigenvalue weighted by Crippen LogP contribution is -2.13. The van der Waals surface area contributed by atoms with Gasteiger partial charge in [-0.1, -0.05) is 69.3 Å². The summed E-state index contributed by atoms with van der Waals surface area (Å²) in [6, 6.07) is 17.7. The normalized spacial score (nSPS) is 12.2. The maximum Gasteiger partial charge on any atom is -0.0102 e. The molecule has 3 aromatic carbocycles. The molecule has 19 heavy (non-hydrogen) atoms. The van der Waals surface area contributed by atoms with Gasteiger partial charge in [0.05, 0.1) is 0 Å². The van der Waals surface area contributed by atoms with Crippen LogP contribution in [0.2, 0.25) is 0 Å². The molecule has 0 heteroatoms. The van der Waals surface area contributed by atoms with Gasteiger partial charge in [-0.15, -0.1) is 0 Å². The number of fused-ring (bicyclic) bond motifs is 3. The molecule has 0 amide bonds. The Bertz CT molecular complexity index is 758. The largest absolute Gasteiger partial charge is 0.0616 e. The van der Waals surface area contributed by atoms with Crippen molar-refractivity contribution in [1.82, 2.24) is 0 Å². The number of benzene rings is 3. The van der Waals surface area contributed by atoms with E-state index in [0.29, 0.717) is 0 Å². The van der Waals surface area contributed by atoms with Crippen LogP contribution in [-0.4, -0.2) is 0 Å². The standard InChI is InChI=1S/C19H20/c1-13-9-11-16-15-8-6-5-7-14(15)10-12-17(16)18(13)19(2,3)4/h5-12H,1-4H3. The van der Waals surface area contributed by atoms with Crippen molar-refractivity contribution in [3.63, 3.8) is 0 Å². The average molecular weight is 248 g/mol. The highest BCUT2D eigenvalue weighted by Gasteiger charge is 2.19. The molecule has 3 rings (SSSR count). The summed E-state index contributed by atoms with van der Waals surface area (Å²) in [5.41, 5.74) is 3.03. The second-order valence-electron chi connectivity index (χ2n) is 6.39. The Balaban J connectivity index is 2.51. The zero-order valence-corrected chi connectivity index (χ0v) is 12.1. The van der Waals surface area contributed by atoms with Crippen molar-refractivity contribution in [2.24, 2.45) is 0 Å². The smallest absolute Gasteiger partial charge is 0.0102 e. The van der Waals surface area contributed by atoms with E-state index in [0.717, 1.165) is 0 Å². The van der Waals surface area contributed by atoms with Crippen LogP contribution in [0.1, 0.15) is 31.9 Å². The molecule has 0 atom stereocenters. The molecule has 0 saturated heterocycles. The van der Waals surface area contributed by atoms with Gasteiger partial charge in [0.1, 0.15) is 0 Å². The predicted octanol–water partition coefficient (Wildman–Crippen LogP) is 5.60. The minimum atomic E-state index is 0.173. The average Bonchev–Trinajstić information content (AvgIpc) is 2.36. The monoisotopic (exact) mass is 248 g/mol. The van der Waals surface area contributed by atoms with E-state index in [1.54, 1.807) is 0 Å². The van der Waals surface area contributed by atoms with E-state index < -0.39 is 0 Å². The lowest BCUT2D eigenvalue weighted by Gasteiger charge is -2.24. The van der Waals surface area contributed by atoms with Crippen LogP contribution >= 0.6 is 0 Å². The molecule has 3 aromatic rings. The van der Waals surface area contributed by atoms with E-state index in [2.05, 4.69) is 76.2 Å². The van der Waals surface area contributed by atoms with Crippen molar-refractivity contribution in [3.05, 3.63) is 59.7 Å². The molecule has 0 nitrogen and oxygen atoms in total. The van der Waals surface area contributed by atoms with E-state index in [4.69, 9.17) is 0 Å². The van der Waals surface area contributed by atoms with Crippen LogP contribution in [0.5, 0.6) is 0 Å². The van der Waals surface area contributed by atoms with Crippen molar-refractivity contribution in [2.45, 2.75) is 33.1 Å². The number of hydrogen-bond acceptors (Lipinski definition) is 0. The van der Waals surface area contributed by atoms with Gasteiger partial charge in [0.25, 0.3) is 0 Å². The fourth-order valence-electron chi connectivity index (χ4n) is 3.19. The van der Waals surface area contributed by atoms with Gasteiger partial charge in [-0.05, 0) is 45.0 Å². The van der Waals surface area contributed by atoms with Crippen LogP contribution in [0.4, 0.5) is 0 Å². The topological polar surface area (TPSA) is 0 Å². The van der Waals surface area contributed by atoms with Crippen molar-refractivity contribution in [2.75, 3.05) is 0 Å². The first-order valence-corrected chi connectivity index (χ1v) is 6.90. The number of hydrogen-bond donors (Lipinski definition) is 0. The van der Waals surface area contributed by atoms with Crippen LogP contribution in [0.15, 0.2) is 48.5 Å². The van der Waals surface area contributed by atoms with Crippen LogP contribution in [-0.2, 0) is 5.41 Å². The van der Waals surface area contributed by atoms with Crippen molar-refractivity contribution in [3.8, 4) is 0 Å². The molecule has 0 unspecified atom stereocenters. The van der Waals surface area contributed by atoms with E-state index in [1.807, 2.05) is 0 Å². The molecular formula is C19H20. The minimum absolute atomic E-state index is 0.173. The van der Waals surface area contributed by atoms with Crippen molar-refractivity contribution < 1.29 is 0 Å². The second-order valence-corrected chi connectivity index (χ2v) is 6.39. The fraction of sp³-hybridized carbons (Fsp3) is 0.263. The van der Waals surface area contributed by atoms with E-state index in [1.165, 1.54) is 32.7 Å². The zero-order chi connectivity index (χ0) is 13.6. The molecule has 0 N–H and O–H groups in total. The lowest BCUT2D eigenvalue weighted by atomic mass is 9.80. The molecule has 0 spiro atoms. The summed E-state index contributed by atoms with van der Waals surface area (Å²) in [4.78, 5) is 0. The maximum atomic E-state index is 2.30. The molecule has 0 fully saturated rings. The Morgan fingerprint density at radius 1 is 0.684 bits per heavy atom. The van der Waals surface area contributed by atoms with Crippen LogP contribution in [0.25, 0.3) is 21.5 Å². The SMILES string of the molecule is Cc1ccc2c(ccc3ccccc32)c1C(C)(C)C. The summed E-state index contributed by atoms with van der Waals surface area (Å²) < 4.78 is 0. The molecule has 0 aromatic heterocycles. The molecule has 0 bridgehead atoms. The van der Waals surface area contributed by atoms with Crippen molar-refractivity contribution in [1.29, 1.82) is 0 Å². The second kappa shape index (κ2) is 4.09. The third-order valence-electron chi connectivity index (χ3n) is 3.88. The fourth-order valence-corrected chi connectivity index (χ4v) is 3.19. The van der Waals surface area contributed by atoms with Gasteiger partial charge in [0, 0.05) is 0 Å². The maximum absolute atomic E-state index is 2.30. The third-order valence-corrected chi connectivity index (χ3v) is 3.88. The molecule has 96 valence electrons. The Hall–Kier alpha value is -1.82. The van der Waals surface area contributed by atoms with Crippen LogP contribution in [0.3, 0.4) is 0 Å². The highest BCUT2D eigenvalue weighted by Crippen LogP contribution is 2.35. The van der Waals surface area contributed by atoms with E-state index >= 15 is 0 Å². The Labute approximate surface area is 115 Å². The Morgan fingerprint density at radius 3 is 2.11 bits per heavy atom. The first-order chi connectivity index (χ1) is 8.98. The van der Waals surface area contributed by atoms with Gasteiger partial charge in [-0.3, -0.25) is 0 Å². The predicted molar refractivity (Wildman–Crippen MR) is 84.9 cm³/mol. The summed E-state index contributed by atoms with van der Waals surface area (Å²) >= 11 is 0. The first kappa shape index (κ1) is 12.2. The van der Waals surface area contributed by atoms with Crippen molar-refractivity contribution >= 4 is 21.5 Å². The third kappa shape index (κ3) is 1.92. The highest BCUT2D eigenvalue weighted by atomic mass is 14.2. The summed E-state index contributed by atoms with van der Waals surface area (Å²) in [6.45, 7) is 9.10. The minimum Gasteiger partial charge on any atom is -0.0616 e. The van der Waals surface area contributed by atoms with E-state index in [-0.39, 0.29) is 5.41 Å². The molecule has 0 aliphatic heterocycles. The quantitative estimate of drug-likeness (QED) is 0.454. The molecule has 0 aliphatic rings. The summed E-state index contributed by atoms with van der Waals surface area (Å²) in [7, 11) is 0. The summed E-state index contributed by atoms with van der Waals surface area (Å²) in [5, 5.41) is 5.43. The molecule has 0 aliphatic carbocycles. The van der Waals surface area contributed by atoms with Gasteiger partial charge in [-0.25, -0.2) is 0 Å². The van der Waals surface area contributed by atoms with E-state index in [9.17, 15) is 0 Å². The molecule has 0 radical (unpaired) electrons. The van der Waals surface area contributed by atoms with Gasteiger partial charge < -0.3 is 0 Å². The zero-order valence-electron chi connectivity index (χ0n) is 12.1. The summed E-state index contributed by atoms with van der Waals surface area (Å²) in [6.07, 6.45) is 0. The first-order valence-electron chi connectivity index (χ1n) is 6.90. The highest BCUT2D eigenvalue weighted by molar-refractivity contribution is 6.08. The Kier molecular flexibility index (Phi) is 2.63. The number of aryl methyl sites for hydroxylation is 1. The van der Waals surface area contributed by atoms with Gasteiger partial charge in [-0.2, -0.15) is 0 Å². The van der Waals surface area contributed by atoms with Gasteiger partial charge in [0.15, 0.2) is 0 Å². The molecular weight excluding hydrogens is 228 g/mol. The number of rotatable bonds is 0. The van der Waals surface area contributed by atoms with Gasteiger partial charge >= 0.3 is 0 Å². The van der Waals surface area contributed by atoms with Crippen LogP contribution in [0, 0.1) is 6.92 Å². The van der Waals surface area contributed by atoms with Crippen LogP contribution < -0.4 is 0 Å². The summed E-state index contributed by atoms with van der Waals surface area (Å²) in [5.74, 6) is 0.